The lowest BCUT2D eigenvalue weighted by atomic mass is 10.1. The summed E-state index contributed by atoms with van der Waals surface area (Å²) in [6.07, 6.45) is 0. The van der Waals surface area contributed by atoms with E-state index in [0.29, 0.717) is 31.2 Å². The predicted molar refractivity (Wildman–Crippen MR) is 128 cm³/mol. The Morgan fingerprint density at radius 3 is 2.21 bits per heavy atom. The van der Waals surface area contributed by atoms with Gasteiger partial charge in [0.05, 0.1) is 20.2 Å². The third-order valence-corrected chi connectivity index (χ3v) is 5.24. The summed E-state index contributed by atoms with van der Waals surface area (Å²) in [5.41, 5.74) is 2.77. The van der Waals surface area contributed by atoms with Crippen LogP contribution < -0.4 is 15.4 Å². The number of amides is 1. The first-order valence-electron chi connectivity index (χ1n) is 10.7. The van der Waals surface area contributed by atoms with Gasteiger partial charge in [0.2, 0.25) is 0 Å². The maximum atomic E-state index is 12.1. The van der Waals surface area contributed by atoms with Gasteiger partial charge in [-0.05, 0) is 42.3 Å². The van der Waals surface area contributed by atoms with Crippen molar-refractivity contribution >= 4 is 11.9 Å². The number of carbonyl (C=O) groups excluding carboxylic acids is 1. The second kappa shape index (κ2) is 11.1. The van der Waals surface area contributed by atoms with E-state index in [-0.39, 0.29) is 5.91 Å². The van der Waals surface area contributed by atoms with Crippen LogP contribution in [0, 0.1) is 6.92 Å². The predicted octanol–water partition coefficient (Wildman–Crippen LogP) is 2.27. The molecule has 174 valence electrons. The molecule has 0 saturated carbocycles. The van der Waals surface area contributed by atoms with Gasteiger partial charge >= 0.3 is 0 Å². The van der Waals surface area contributed by atoms with E-state index in [1.54, 1.807) is 26.1 Å². The molecule has 0 radical (unpaired) electrons. The molecule has 0 spiro atoms. The van der Waals surface area contributed by atoms with Crippen LogP contribution >= 0.6 is 0 Å². The summed E-state index contributed by atoms with van der Waals surface area (Å²) in [5, 5.41) is 15.0. The summed E-state index contributed by atoms with van der Waals surface area (Å²) in [6.45, 7) is 3.47. The van der Waals surface area contributed by atoms with Crippen LogP contribution in [0.15, 0.2) is 53.5 Å². The average Bonchev–Trinajstić information content (AvgIpc) is 3.16. The maximum absolute atomic E-state index is 12.1. The van der Waals surface area contributed by atoms with E-state index in [4.69, 9.17) is 9.73 Å². The number of carbonyl (C=O) groups is 1. The Morgan fingerprint density at radius 2 is 1.64 bits per heavy atom. The summed E-state index contributed by atoms with van der Waals surface area (Å²) in [6, 6.07) is 15.4. The molecule has 0 saturated heterocycles. The molecule has 1 heterocycles. The summed E-state index contributed by atoms with van der Waals surface area (Å²) >= 11 is 0. The molecule has 0 bridgehead atoms. The van der Waals surface area contributed by atoms with Gasteiger partial charge in [-0.1, -0.05) is 24.3 Å². The number of benzene rings is 2. The molecule has 1 aromatic heterocycles. The number of nitrogens with one attached hydrogen (secondary N) is 2. The first-order valence-corrected chi connectivity index (χ1v) is 10.7. The van der Waals surface area contributed by atoms with Gasteiger partial charge in [0.1, 0.15) is 11.6 Å². The third-order valence-electron chi connectivity index (χ3n) is 5.24. The zero-order valence-electron chi connectivity index (χ0n) is 19.8. The number of hydrogen-bond donors (Lipinski definition) is 2. The van der Waals surface area contributed by atoms with Gasteiger partial charge in [0.15, 0.2) is 11.8 Å². The smallest absolute Gasteiger partial charge is 0.253 e. The molecule has 2 aromatic carbocycles. The molecule has 0 fully saturated rings. The number of rotatable bonds is 8. The summed E-state index contributed by atoms with van der Waals surface area (Å²) < 4.78 is 7.16. The van der Waals surface area contributed by atoms with Gasteiger partial charge < -0.3 is 24.8 Å². The van der Waals surface area contributed by atoms with Crippen molar-refractivity contribution < 1.29 is 9.53 Å². The number of aromatic nitrogens is 3. The fraction of sp³-hybridized carbons (Fsp3) is 0.333. The van der Waals surface area contributed by atoms with Gasteiger partial charge in [-0.25, -0.2) is 4.99 Å². The molecule has 9 heteroatoms. The minimum absolute atomic E-state index is 0.0168. The number of ether oxygens (including phenoxy) is 1. The topological polar surface area (TPSA) is 96.7 Å². The van der Waals surface area contributed by atoms with Gasteiger partial charge in [-0.3, -0.25) is 4.79 Å². The van der Waals surface area contributed by atoms with Crippen LogP contribution in [0.3, 0.4) is 0 Å². The van der Waals surface area contributed by atoms with Gasteiger partial charge in [0, 0.05) is 33.3 Å². The maximum Gasteiger partial charge on any atom is 0.253 e. The molecule has 0 aliphatic carbocycles. The molecule has 0 atom stereocenters. The molecule has 1 amide bonds. The van der Waals surface area contributed by atoms with Crippen LogP contribution in [0.4, 0.5) is 0 Å². The fourth-order valence-corrected chi connectivity index (χ4v) is 3.05. The second-order valence-corrected chi connectivity index (χ2v) is 7.84. The Labute approximate surface area is 194 Å². The van der Waals surface area contributed by atoms with Crippen LogP contribution in [0.5, 0.6) is 5.75 Å². The summed E-state index contributed by atoms with van der Waals surface area (Å²) in [4.78, 5) is 18.4. The zero-order chi connectivity index (χ0) is 23.8. The lowest BCUT2D eigenvalue weighted by molar-refractivity contribution is 0.0827. The highest BCUT2D eigenvalue weighted by molar-refractivity contribution is 5.93. The fourth-order valence-electron chi connectivity index (χ4n) is 3.05. The van der Waals surface area contributed by atoms with Crippen molar-refractivity contribution in [3.8, 4) is 5.75 Å². The highest BCUT2D eigenvalue weighted by Gasteiger charge is 2.09. The number of guanidine groups is 1. The number of methoxy groups -OCH3 is 1. The van der Waals surface area contributed by atoms with E-state index in [1.165, 1.54) is 0 Å². The Balaban J connectivity index is 1.68. The molecule has 0 unspecified atom stereocenters. The first kappa shape index (κ1) is 23.8. The molecule has 2 N–H and O–H groups in total. The van der Waals surface area contributed by atoms with Crippen molar-refractivity contribution in [2.75, 3.05) is 21.2 Å². The minimum Gasteiger partial charge on any atom is -0.497 e. The van der Waals surface area contributed by atoms with Crippen molar-refractivity contribution in [1.29, 1.82) is 0 Å². The molecule has 3 rings (SSSR count). The molecule has 33 heavy (non-hydrogen) atoms. The number of nitrogens with zero attached hydrogens (tertiary/aromatic N) is 5. The lowest BCUT2D eigenvalue weighted by Crippen LogP contribution is -2.37. The quantitative estimate of drug-likeness (QED) is 0.405. The van der Waals surface area contributed by atoms with Gasteiger partial charge in [-0.15, -0.1) is 10.2 Å². The first-order chi connectivity index (χ1) is 15.9. The van der Waals surface area contributed by atoms with Crippen molar-refractivity contribution in [1.82, 2.24) is 30.3 Å². The van der Waals surface area contributed by atoms with Gasteiger partial charge in [-0.2, -0.15) is 0 Å². The third kappa shape index (κ3) is 6.55. The van der Waals surface area contributed by atoms with Crippen LogP contribution in [0.2, 0.25) is 0 Å². The molecular weight excluding hydrogens is 418 g/mol. The Kier molecular flexibility index (Phi) is 8.01. The highest BCUT2D eigenvalue weighted by Crippen LogP contribution is 2.12. The Bertz CT molecular complexity index is 1090. The van der Waals surface area contributed by atoms with Gasteiger partial charge in [0.25, 0.3) is 5.91 Å². The molecule has 0 aliphatic rings. The van der Waals surface area contributed by atoms with Crippen LogP contribution in [0.1, 0.15) is 33.1 Å². The summed E-state index contributed by atoms with van der Waals surface area (Å²) in [7, 11) is 7.07. The van der Waals surface area contributed by atoms with E-state index in [2.05, 4.69) is 20.8 Å². The number of aliphatic imine (C=N–C) groups is 1. The Morgan fingerprint density at radius 1 is 1.00 bits per heavy atom. The number of hydrogen-bond acceptors (Lipinski definition) is 5. The molecule has 9 nitrogen and oxygen atoms in total. The van der Waals surface area contributed by atoms with Crippen LogP contribution in [-0.4, -0.2) is 52.7 Å². The van der Waals surface area contributed by atoms with E-state index >= 15 is 0 Å². The van der Waals surface area contributed by atoms with Crippen LogP contribution in [-0.2, 0) is 26.7 Å². The molecule has 3 aromatic rings. The highest BCUT2D eigenvalue weighted by atomic mass is 16.5. The van der Waals surface area contributed by atoms with E-state index < -0.39 is 0 Å². The lowest BCUT2D eigenvalue weighted by Gasteiger charge is -2.14. The minimum atomic E-state index is -0.0168. The average molecular weight is 450 g/mol. The van der Waals surface area contributed by atoms with Crippen LogP contribution in [0.25, 0.3) is 0 Å². The molecular formula is C24H31N7O2. The van der Waals surface area contributed by atoms with E-state index in [9.17, 15) is 4.79 Å². The Hall–Kier alpha value is -3.88. The normalized spacial score (nSPS) is 11.2. The SMILES string of the molecule is COc1ccc(CN=C(NCc2ccc(C(=O)N(C)C)cc2)NCc2nnc(C)n2C)cc1. The van der Waals surface area contributed by atoms with E-state index in [0.717, 1.165) is 28.5 Å². The molecule has 0 aliphatic heterocycles. The monoisotopic (exact) mass is 449 g/mol. The van der Waals surface area contributed by atoms with Crippen molar-refractivity contribution in [3.05, 3.63) is 76.9 Å². The largest absolute Gasteiger partial charge is 0.497 e. The number of aryl methyl sites for hydroxylation is 1. The summed E-state index contributed by atoms with van der Waals surface area (Å²) in [5.74, 6) is 3.12. The van der Waals surface area contributed by atoms with Crippen molar-refractivity contribution in [3.63, 3.8) is 0 Å². The zero-order valence-corrected chi connectivity index (χ0v) is 19.8. The second-order valence-electron chi connectivity index (χ2n) is 7.84. The standard InChI is InChI=1S/C24H31N7O2/c1-17-28-29-22(31(17)4)16-27-24(26-15-19-8-12-21(33-5)13-9-19)25-14-18-6-10-20(11-7-18)23(32)30(2)3/h6-13H,14-16H2,1-5H3,(H2,25,26,27). The van der Waals surface area contributed by atoms with E-state index in [1.807, 2.05) is 67.1 Å². The van der Waals surface area contributed by atoms with Crippen molar-refractivity contribution in [2.24, 2.45) is 12.0 Å². The van der Waals surface area contributed by atoms with Crippen molar-refractivity contribution in [2.45, 2.75) is 26.6 Å².